The van der Waals surface area contributed by atoms with E-state index in [1.165, 1.54) is 0 Å². The van der Waals surface area contributed by atoms with Crippen LogP contribution in [-0.4, -0.2) is 24.5 Å². The Hall–Kier alpha value is -1.55. The van der Waals surface area contributed by atoms with Crippen LogP contribution in [0.2, 0.25) is 0 Å². The lowest BCUT2D eigenvalue weighted by Crippen LogP contribution is -2.54. The number of hydrogen-bond acceptors (Lipinski definition) is 3. The molecule has 0 aliphatic carbocycles. The van der Waals surface area contributed by atoms with Crippen LogP contribution in [-0.2, 0) is 4.79 Å². The van der Waals surface area contributed by atoms with Gasteiger partial charge in [0.2, 0.25) is 5.91 Å². The van der Waals surface area contributed by atoms with Gasteiger partial charge in [0, 0.05) is 12.2 Å². The van der Waals surface area contributed by atoms with Gasteiger partial charge in [-0.15, -0.1) is 0 Å². The van der Waals surface area contributed by atoms with Gasteiger partial charge in [0.1, 0.15) is 0 Å². The van der Waals surface area contributed by atoms with E-state index in [1.807, 2.05) is 32.0 Å². The maximum Gasteiger partial charge on any atom is 0.239 e. The number of carbonyl (C=O) groups is 1. The highest BCUT2D eigenvalue weighted by molar-refractivity contribution is 5.82. The Balaban J connectivity index is 2.64. The first-order chi connectivity index (χ1) is 9.48. The van der Waals surface area contributed by atoms with E-state index in [9.17, 15) is 4.79 Å². The molecule has 0 saturated carbocycles. The predicted octanol–water partition coefficient (Wildman–Crippen LogP) is 2.35. The van der Waals surface area contributed by atoms with Crippen molar-refractivity contribution in [2.75, 3.05) is 18.4 Å². The maximum atomic E-state index is 12.1. The summed E-state index contributed by atoms with van der Waals surface area (Å²) < 4.78 is 0. The van der Waals surface area contributed by atoms with Crippen LogP contribution in [0, 0.1) is 13.8 Å². The smallest absolute Gasteiger partial charge is 0.239 e. The van der Waals surface area contributed by atoms with Crippen LogP contribution in [0.25, 0.3) is 0 Å². The Kier molecular flexibility index (Phi) is 6.02. The van der Waals surface area contributed by atoms with Crippen molar-refractivity contribution in [3.05, 3.63) is 29.3 Å². The molecule has 4 heteroatoms. The fraction of sp³-hybridized carbons (Fsp3) is 0.562. The van der Waals surface area contributed by atoms with Gasteiger partial charge in [-0.05, 0) is 37.8 Å². The highest BCUT2D eigenvalue weighted by Crippen LogP contribution is 2.19. The molecule has 0 saturated heterocycles. The number of anilines is 1. The zero-order valence-corrected chi connectivity index (χ0v) is 13.0. The molecule has 20 heavy (non-hydrogen) atoms. The van der Waals surface area contributed by atoms with Gasteiger partial charge in [-0.25, -0.2) is 0 Å². The van der Waals surface area contributed by atoms with Gasteiger partial charge >= 0.3 is 0 Å². The van der Waals surface area contributed by atoms with E-state index >= 15 is 0 Å². The molecule has 4 N–H and O–H groups in total. The lowest BCUT2D eigenvalue weighted by atomic mass is 9.93. The van der Waals surface area contributed by atoms with Crippen LogP contribution in [0.15, 0.2) is 18.2 Å². The molecule has 1 aromatic carbocycles. The first kappa shape index (κ1) is 16.5. The normalized spacial score (nSPS) is 11.2. The quantitative estimate of drug-likeness (QED) is 0.716. The standard InChI is InChI=1S/C16H27N3O/c1-5-16(6-2,11-17)19-14(20)10-18-15-12(3)8-7-9-13(15)4/h7-9,18H,5-6,10-11,17H2,1-4H3,(H,19,20). The van der Waals surface area contributed by atoms with Crippen LogP contribution in [0.3, 0.4) is 0 Å². The third-order valence-corrected chi connectivity index (χ3v) is 4.06. The molecule has 1 aromatic rings. The number of nitrogens with one attached hydrogen (secondary N) is 2. The molecular formula is C16H27N3O. The molecule has 0 fully saturated rings. The number of aryl methyl sites for hydroxylation is 2. The molecule has 0 aliphatic rings. The molecule has 0 heterocycles. The van der Waals surface area contributed by atoms with Crippen molar-refractivity contribution < 1.29 is 4.79 Å². The second kappa shape index (κ2) is 7.29. The molecule has 0 spiro atoms. The van der Waals surface area contributed by atoms with Gasteiger partial charge in [0.15, 0.2) is 0 Å². The zero-order chi connectivity index (χ0) is 15.2. The number of para-hydroxylation sites is 1. The molecule has 0 atom stereocenters. The lowest BCUT2D eigenvalue weighted by Gasteiger charge is -2.31. The molecule has 1 amide bonds. The van der Waals surface area contributed by atoms with Crippen molar-refractivity contribution in [2.45, 2.75) is 46.1 Å². The highest BCUT2D eigenvalue weighted by atomic mass is 16.2. The summed E-state index contributed by atoms with van der Waals surface area (Å²) in [4.78, 5) is 12.1. The number of amides is 1. The lowest BCUT2D eigenvalue weighted by molar-refractivity contribution is -0.121. The second-order valence-electron chi connectivity index (χ2n) is 5.36. The van der Waals surface area contributed by atoms with Crippen LogP contribution >= 0.6 is 0 Å². The number of carbonyl (C=O) groups excluding carboxylic acids is 1. The van der Waals surface area contributed by atoms with Crippen LogP contribution < -0.4 is 16.4 Å². The van der Waals surface area contributed by atoms with E-state index in [0.717, 1.165) is 29.7 Å². The van der Waals surface area contributed by atoms with E-state index in [-0.39, 0.29) is 18.0 Å². The van der Waals surface area contributed by atoms with E-state index in [2.05, 4.69) is 24.5 Å². The molecular weight excluding hydrogens is 250 g/mol. The van der Waals surface area contributed by atoms with E-state index in [4.69, 9.17) is 5.73 Å². The third kappa shape index (κ3) is 3.97. The molecule has 1 rings (SSSR count). The molecule has 0 aromatic heterocycles. The van der Waals surface area contributed by atoms with Crippen LogP contribution in [0.1, 0.15) is 37.8 Å². The minimum atomic E-state index is -0.278. The van der Waals surface area contributed by atoms with Crippen LogP contribution in [0.5, 0.6) is 0 Å². The first-order valence-corrected chi connectivity index (χ1v) is 7.29. The molecule has 0 unspecified atom stereocenters. The summed E-state index contributed by atoms with van der Waals surface area (Å²) in [6.45, 7) is 8.92. The van der Waals surface area contributed by atoms with Crippen molar-refractivity contribution in [1.29, 1.82) is 0 Å². The summed E-state index contributed by atoms with van der Waals surface area (Å²) in [5, 5.41) is 6.29. The zero-order valence-electron chi connectivity index (χ0n) is 13.0. The number of rotatable bonds is 7. The summed E-state index contributed by atoms with van der Waals surface area (Å²) in [6.07, 6.45) is 1.68. The number of hydrogen-bond donors (Lipinski definition) is 3. The van der Waals surface area contributed by atoms with Crippen molar-refractivity contribution in [1.82, 2.24) is 5.32 Å². The highest BCUT2D eigenvalue weighted by Gasteiger charge is 2.25. The molecule has 0 radical (unpaired) electrons. The summed E-state index contributed by atoms with van der Waals surface area (Å²) in [5.74, 6) is -0.0122. The monoisotopic (exact) mass is 277 g/mol. The third-order valence-electron chi connectivity index (χ3n) is 4.06. The van der Waals surface area contributed by atoms with Crippen molar-refractivity contribution in [3.63, 3.8) is 0 Å². The Morgan fingerprint density at radius 2 is 1.75 bits per heavy atom. The van der Waals surface area contributed by atoms with Crippen molar-refractivity contribution in [3.8, 4) is 0 Å². The average molecular weight is 277 g/mol. The van der Waals surface area contributed by atoms with Crippen molar-refractivity contribution in [2.24, 2.45) is 5.73 Å². The minimum Gasteiger partial charge on any atom is -0.376 e. The van der Waals surface area contributed by atoms with E-state index in [0.29, 0.717) is 6.54 Å². The van der Waals surface area contributed by atoms with Crippen molar-refractivity contribution >= 4 is 11.6 Å². The maximum absolute atomic E-state index is 12.1. The van der Waals surface area contributed by atoms with Gasteiger partial charge < -0.3 is 16.4 Å². The number of benzene rings is 1. The molecule has 0 aliphatic heterocycles. The summed E-state index contributed by atoms with van der Waals surface area (Å²) in [5.41, 5.74) is 8.85. The average Bonchev–Trinajstić information content (AvgIpc) is 2.44. The van der Waals surface area contributed by atoms with Gasteiger partial charge in [-0.2, -0.15) is 0 Å². The summed E-state index contributed by atoms with van der Waals surface area (Å²) >= 11 is 0. The predicted molar refractivity (Wildman–Crippen MR) is 84.9 cm³/mol. The molecule has 4 nitrogen and oxygen atoms in total. The SMILES string of the molecule is CCC(CC)(CN)NC(=O)CNc1c(C)cccc1C. The Morgan fingerprint density at radius 3 is 2.20 bits per heavy atom. The largest absolute Gasteiger partial charge is 0.376 e. The minimum absolute atomic E-state index is 0.0122. The Bertz CT molecular complexity index is 425. The van der Waals surface area contributed by atoms with Crippen LogP contribution in [0.4, 0.5) is 5.69 Å². The Labute approximate surface area is 122 Å². The van der Waals surface area contributed by atoms with Gasteiger partial charge in [-0.1, -0.05) is 32.0 Å². The topological polar surface area (TPSA) is 67.1 Å². The molecule has 112 valence electrons. The first-order valence-electron chi connectivity index (χ1n) is 7.29. The van der Waals surface area contributed by atoms with Gasteiger partial charge in [0.25, 0.3) is 0 Å². The summed E-state index contributed by atoms with van der Waals surface area (Å²) in [7, 11) is 0. The number of nitrogens with two attached hydrogens (primary N) is 1. The van der Waals surface area contributed by atoms with Gasteiger partial charge in [-0.3, -0.25) is 4.79 Å². The van der Waals surface area contributed by atoms with E-state index < -0.39 is 0 Å². The second-order valence-corrected chi connectivity index (χ2v) is 5.36. The molecule has 0 bridgehead atoms. The van der Waals surface area contributed by atoms with E-state index in [1.54, 1.807) is 0 Å². The Morgan fingerprint density at radius 1 is 1.20 bits per heavy atom. The fourth-order valence-electron chi connectivity index (χ4n) is 2.37. The summed E-state index contributed by atoms with van der Waals surface area (Å²) in [6, 6.07) is 6.09. The fourth-order valence-corrected chi connectivity index (χ4v) is 2.37. The van der Waals surface area contributed by atoms with Gasteiger partial charge in [0.05, 0.1) is 12.1 Å².